The van der Waals surface area contributed by atoms with Crippen molar-refractivity contribution in [3.63, 3.8) is 0 Å². The van der Waals surface area contributed by atoms with Crippen LogP contribution in [0.25, 0.3) is 10.2 Å². The van der Waals surface area contributed by atoms with Crippen LogP contribution in [0, 0.1) is 6.92 Å². The Kier molecular flexibility index (Phi) is 4.57. The van der Waals surface area contributed by atoms with E-state index in [1.165, 1.54) is 16.2 Å². The van der Waals surface area contributed by atoms with E-state index in [2.05, 4.69) is 21.7 Å². The highest BCUT2D eigenvalue weighted by Gasteiger charge is 2.09. The zero-order chi connectivity index (χ0) is 14.7. The van der Waals surface area contributed by atoms with Gasteiger partial charge in [-0.1, -0.05) is 29.5 Å². The average Bonchev–Trinajstić information content (AvgIpc) is 3.08. The van der Waals surface area contributed by atoms with E-state index < -0.39 is 0 Å². The van der Waals surface area contributed by atoms with Gasteiger partial charge in [0, 0.05) is 10.6 Å². The molecule has 3 aromatic rings. The van der Waals surface area contributed by atoms with Crippen molar-refractivity contribution in [1.29, 1.82) is 0 Å². The van der Waals surface area contributed by atoms with Crippen LogP contribution < -0.4 is 5.32 Å². The first-order chi connectivity index (χ1) is 10.2. The number of benzene rings is 1. The summed E-state index contributed by atoms with van der Waals surface area (Å²) in [5, 5.41) is 5.63. The Bertz CT molecular complexity index is 749. The Balaban J connectivity index is 1.57. The van der Waals surface area contributed by atoms with Gasteiger partial charge in [0.15, 0.2) is 5.13 Å². The number of nitrogens with zero attached hydrogens (tertiary/aromatic N) is 1. The number of aryl methyl sites for hydroxylation is 1. The number of anilines is 1. The summed E-state index contributed by atoms with van der Waals surface area (Å²) in [6, 6.07) is 10.2. The smallest absolute Gasteiger partial charge is 0.236 e. The first-order valence-corrected chi connectivity index (χ1v) is 9.33. The minimum absolute atomic E-state index is 0.00765. The summed E-state index contributed by atoms with van der Waals surface area (Å²) in [6.07, 6.45) is 0. The Labute approximate surface area is 135 Å². The average molecular weight is 334 g/mol. The van der Waals surface area contributed by atoms with Crippen molar-refractivity contribution in [2.24, 2.45) is 0 Å². The molecule has 3 rings (SSSR count). The van der Waals surface area contributed by atoms with Crippen LogP contribution in [-0.2, 0) is 10.5 Å². The third-order valence-corrected chi connectivity index (χ3v) is 5.90. The summed E-state index contributed by atoms with van der Waals surface area (Å²) in [5.74, 6) is 1.34. The molecule has 2 heterocycles. The highest BCUT2D eigenvalue weighted by molar-refractivity contribution is 7.99. The molecule has 0 atom stereocenters. The molecule has 0 spiro atoms. The highest BCUT2D eigenvalue weighted by Crippen LogP contribution is 2.28. The van der Waals surface area contributed by atoms with Gasteiger partial charge >= 0.3 is 0 Å². The number of aromatic nitrogens is 1. The van der Waals surface area contributed by atoms with Crippen molar-refractivity contribution < 1.29 is 4.79 Å². The fourth-order valence-corrected chi connectivity index (χ4v) is 4.56. The molecule has 0 radical (unpaired) electrons. The van der Waals surface area contributed by atoms with Gasteiger partial charge in [-0.25, -0.2) is 4.98 Å². The minimum Gasteiger partial charge on any atom is -0.301 e. The van der Waals surface area contributed by atoms with Crippen molar-refractivity contribution in [3.8, 4) is 0 Å². The number of carbonyl (C=O) groups excluding carboxylic acids is 1. The number of para-hydroxylation sites is 1. The Morgan fingerprint density at radius 3 is 3.00 bits per heavy atom. The van der Waals surface area contributed by atoms with Crippen LogP contribution in [0.1, 0.15) is 10.4 Å². The predicted molar refractivity (Wildman–Crippen MR) is 93.5 cm³/mol. The summed E-state index contributed by atoms with van der Waals surface area (Å²) in [5.41, 5.74) is 2.11. The second-order valence-corrected chi connectivity index (χ2v) is 7.61. The van der Waals surface area contributed by atoms with E-state index in [1.807, 2.05) is 31.2 Å². The number of fused-ring (bicyclic) bond motifs is 1. The first kappa shape index (κ1) is 14.6. The third kappa shape index (κ3) is 3.64. The number of thioether (sulfide) groups is 1. The van der Waals surface area contributed by atoms with Gasteiger partial charge in [0.05, 0.1) is 16.0 Å². The van der Waals surface area contributed by atoms with Gasteiger partial charge in [-0.15, -0.1) is 23.1 Å². The fraction of sp³-hybridized carbons (Fsp3) is 0.200. The van der Waals surface area contributed by atoms with Crippen molar-refractivity contribution >= 4 is 55.7 Å². The molecule has 1 amide bonds. The minimum atomic E-state index is 0.00765. The van der Waals surface area contributed by atoms with Gasteiger partial charge in [0.2, 0.25) is 5.91 Å². The summed E-state index contributed by atoms with van der Waals surface area (Å²) in [7, 11) is 0. The van der Waals surface area contributed by atoms with Gasteiger partial charge in [-0.3, -0.25) is 4.79 Å². The van der Waals surface area contributed by atoms with E-state index in [9.17, 15) is 4.79 Å². The molecule has 2 aromatic heterocycles. The van der Waals surface area contributed by atoms with E-state index in [-0.39, 0.29) is 5.91 Å². The van der Waals surface area contributed by atoms with Gasteiger partial charge in [-0.05, 0) is 30.0 Å². The predicted octanol–water partition coefficient (Wildman–Crippen LogP) is 4.54. The summed E-state index contributed by atoms with van der Waals surface area (Å²) in [6.45, 7) is 2.03. The van der Waals surface area contributed by atoms with Crippen LogP contribution in [-0.4, -0.2) is 16.6 Å². The lowest BCUT2D eigenvalue weighted by molar-refractivity contribution is -0.113. The largest absolute Gasteiger partial charge is 0.301 e. The van der Waals surface area contributed by atoms with Crippen LogP contribution in [0.4, 0.5) is 5.13 Å². The number of thiophene rings is 1. The molecule has 0 aliphatic carbocycles. The zero-order valence-electron chi connectivity index (χ0n) is 11.5. The van der Waals surface area contributed by atoms with E-state index in [4.69, 9.17) is 0 Å². The topological polar surface area (TPSA) is 42.0 Å². The Morgan fingerprint density at radius 1 is 1.33 bits per heavy atom. The maximum atomic E-state index is 11.9. The quantitative estimate of drug-likeness (QED) is 0.745. The molecule has 0 saturated heterocycles. The number of carbonyl (C=O) groups is 1. The summed E-state index contributed by atoms with van der Waals surface area (Å²) < 4.78 is 1.11. The summed E-state index contributed by atoms with van der Waals surface area (Å²) in [4.78, 5) is 17.7. The monoisotopic (exact) mass is 334 g/mol. The van der Waals surface area contributed by atoms with Crippen LogP contribution in [0.15, 0.2) is 35.7 Å². The number of hydrogen-bond donors (Lipinski definition) is 1. The highest BCUT2D eigenvalue weighted by atomic mass is 32.2. The molecular weight excluding hydrogens is 320 g/mol. The van der Waals surface area contributed by atoms with Gasteiger partial charge < -0.3 is 5.32 Å². The number of hydrogen-bond acceptors (Lipinski definition) is 5. The van der Waals surface area contributed by atoms with Crippen LogP contribution >= 0.6 is 34.4 Å². The van der Waals surface area contributed by atoms with Crippen molar-refractivity contribution in [1.82, 2.24) is 4.98 Å². The molecule has 0 fully saturated rings. The van der Waals surface area contributed by atoms with Crippen molar-refractivity contribution in [2.45, 2.75) is 12.7 Å². The molecule has 0 aliphatic heterocycles. The maximum Gasteiger partial charge on any atom is 0.236 e. The molecule has 0 aliphatic rings. The molecule has 1 aromatic carbocycles. The second-order valence-electron chi connectivity index (χ2n) is 4.56. The number of thiazole rings is 1. The second kappa shape index (κ2) is 6.60. The van der Waals surface area contributed by atoms with E-state index in [0.717, 1.165) is 21.5 Å². The van der Waals surface area contributed by atoms with Crippen molar-refractivity contribution in [2.75, 3.05) is 11.1 Å². The standard InChI is InChI=1S/C15H14N2OS3/c1-10-4-2-6-12-14(10)17-15(21-12)16-13(18)9-19-8-11-5-3-7-20-11/h2-7H,8-9H2,1H3,(H,16,17,18). The van der Waals surface area contributed by atoms with E-state index in [1.54, 1.807) is 23.1 Å². The lowest BCUT2D eigenvalue weighted by Gasteiger charge is -2.00. The molecule has 1 N–H and O–H groups in total. The van der Waals surface area contributed by atoms with Crippen LogP contribution in [0.3, 0.4) is 0 Å². The Hall–Kier alpha value is -1.37. The van der Waals surface area contributed by atoms with Gasteiger partial charge in [0.1, 0.15) is 0 Å². The number of rotatable bonds is 5. The maximum absolute atomic E-state index is 11.9. The SMILES string of the molecule is Cc1cccc2sc(NC(=O)CSCc3cccs3)nc12. The van der Waals surface area contributed by atoms with Crippen molar-refractivity contribution in [3.05, 3.63) is 46.2 Å². The lowest BCUT2D eigenvalue weighted by Crippen LogP contribution is -2.13. The van der Waals surface area contributed by atoms with Gasteiger partial charge in [-0.2, -0.15) is 0 Å². The molecule has 0 unspecified atom stereocenters. The molecule has 108 valence electrons. The first-order valence-electron chi connectivity index (χ1n) is 6.48. The summed E-state index contributed by atoms with van der Waals surface area (Å²) >= 11 is 4.86. The zero-order valence-corrected chi connectivity index (χ0v) is 13.9. The molecule has 21 heavy (non-hydrogen) atoms. The Morgan fingerprint density at radius 2 is 2.24 bits per heavy atom. The molecule has 0 bridgehead atoms. The van der Waals surface area contributed by atoms with E-state index >= 15 is 0 Å². The lowest BCUT2D eigenvalue weighted by atomic mass is 10.2. The third-order valence-electron chi connectivity index (χ3n) is 2.92. The van der Waals surface area contributed by atoms with Crippen LogP contribution in [0.2, 0.25) is 0 Å². The number of nitrogens with one attached hydrogen (secondary N) is 1. The fourth-order valence-electron chi connectivity index (χ4n) is 1.93. The molecular formula is C15H14N2OS3. The van der Waals surface area contributed by atoms with Crippen LogP contribution in [0.5, 0.6) is 0 Å². The van der Waals surface area contributed by atoms with Gasteiger partial charge in [0.25, 0.3) is 0 Å². The van der Waals surface area contributed by atoms with E-state index in [0.29, 0.717) is 10.9 Å². The molecule has 3 nitrogen and oxygen atoms in total. The number of amides is 1. The molecule has 0 saturated carbocycles. The molecule has 6 heteroatoms. The normalized spacial score (nSPS) is 10.9.